The minimum Gasteiger partial charge on any atom is -0.479 e. The summed E-state index contributed by atoms with van der Waals surface area (Å²) >= 11 is 6.14. The van der Waals surface area contributed by atoms with Gasteiger partial charge >= 0.3 is 5.97 Å². The van der Waals surface area contributed by atoms with Gasteiger partial charge in [-0.15, -0.1) is 0 Å². The lowest BCUT2D eigenvalue weighted by atomic mass is 9.79. The molecule has 0 aliphatic heterocycles. The number of carboxylic acids is 1. The van der Waals surface area contributed by atoms with Gasteiger partial charge in [0.05, 0.1) is 6.61 Å². The van der Waals surface area contributed by atoms with E-state index in [1.54, 1.807) is 6.07 Å². The third-order valence-electron chi connectivity index (χ3n) is 4.48. The number of rotatable bonds is 3. The van der Waals surface area contributed by atoms with E-state index in [1.807, 2.05) is 30.3 Å². The number of fused-ring (bicyclic) bond motifs is 1. The van der Waals surface area contributed by atoms with Gasteiger partial charge in [0.25, 0.3) is 0 Å². The fraction of sp³-hybridized carbons (Fsp3) is 0.278. The van der Waals surface area contributed by atoms with Crippen LogP contribution in [0, 0.1) is 0 Å². The summed E-state index contributed by atoms with van der Waals surface area (Å²) in [5.41, 5.74) is 2.65. The quantitative estimate of drug-likeness (QED) is 0.807. The molecule has 0 heterocycles. The van der Waals surface area contributed by atoms with E-state index in [9.17, 15) is 15.0 Å². The van der Waals surface area contributed by atoms with Gasteiger partial charge < -0.3 is 15.3 Å². The third kappa shape index (κ3) is 2.85. The first-order valence-corrected chi connectivity index (χ1v) is 7.78. The van der Waals surface area contributed by atoms with Gasteiger partial charge in [-0.25, -0.2) is 4.79 Å². The van der Waals surface area contributed by atoms with Crippen molar-refractivity contribution in [1.82, 2.24) is 0 Å². The highest BCUT2D eigenvalue weighted by Crippen LogP contribution is 2.34. The van der Waals surface area contributed by atoms with Gasteiger partial charge in [0, 0.05) is 17.0 Å². The van der Waals surface area contributed by atoms with Gasteiger partial charge in [0.2, 0.25) is 0 Å². The van der Waals surface area contributed by atoms with E-state index in [0.29, 0.717) is 17.0 Å². The Morgan fingerprint density at radius 3 is 2.70 bits per heavy atom. The van der Waals surface area contributed by atoms with Crippen LogP contribution in [-0.4, -0.2) is 26.9 Å². The van der Waals surface area contributed by atoms with Crippen LogP contribution in [-0.2, 0) is 24.2 Å². The number of aliphatic carboxylic acids is 1. The molecule has 1 atom stereocenters. The molecule has 0 spiro atoms. The SMILES string of the molecule is O=C(O)C1(O)CCc2cc(-c3cccc(Cl)c3CO)ccc2C1. The Labute approximate surface area is 139 Å². The number of carboxylic acid groups (broad SMARTS) is 1. The zero-order valence-corrected chi connectivity index (χ0v) is 13.2. The van der Waals surface area contributed by atoms with Crippen molar-refractivity contribution in [3.63, 3.8) is 0 Å². The minimum atomic E-state index is -1.68. The third-order valence-corrected chi connectivity index (χ3v) is 4.84. The summed E-state index contributed by atoms with van der Waals surface area (Å²) < 4.78 is 0. The molecule has 0 bridgehead atoms. The maximum Gasteiger partial charge on any atom is 0.336 e. The molecule has 3 N–H and O–H groups in total. The second kappa shape index (κ2) is 5.96. The lowest BCUT2D eigenvalue weighted by Crippen LogP contribution is -2.43. The average molecular weight is 333 g/mol. The smallest absolute Gasteiger partial charge is 0.336 e. The highest BCUT2D eigenvalue weighted by Gasteiger charge is 2.39. The number of aliphatic hydroxyl groups excluding tert-OH is 1. The van der Waals surface area contributed by atoms with E-state index in [2.05, 4.69) is 0 Å². The molecular weight excluding hydrogens is 316 g/mol. The Kier molecular flexibility index (Phi) is 4.15. The minimum absolute atomic E-state index is 0.111. The molecule has 1 unspecified atom stereocenters. The van der Waals surface area contributed by atoms with E-state index in [0.717, 1.165) is 22.3 Å². The summed E-state index contributed by atoms with van der Waals surface area (Å²) in [5, 5.41) is 29.4. The topological polar surface area (TPSA) is 77.8 Å². The fourth-order valence-electron chi connectivity index (χ4n) is 3.12. The van der Waals surface area contributed by atoms with Crippen molar-refractivity contribution in [3.05, 3.63) is 58.1 Å². The van der Waals surface area contributed by atoms with Crippen LogP contribution >= 0.6 is 11.6 Å². The zero-order valence-electron chi connectivity index (χ0n) is 12.4. The van der Waals surface area contributed by atoms with Gasteiger partial charge in [-0.3, -0.25) is 0 Å². The van der Waals surface area contributed by atoms with Crippen LogP contribution in [0.15, 0.2) is 36.4 Å². The lowest BCUT2D eigenvalue weighted by Gasteiger charge is -2.30. The van der Waals surface area contributed by atoms with Gasteiger partial charge in [0.1, 0.15) is 0 Å². The van der Waals surface area contributed by atoms with E-state index >= 15 is 0 Å². The Morgan fingerprint density at radius 2 is 2.00 bits per heavy atom. The van der Waals surface area contributed by atoms with Crippen molar-refractivity contribution < 1.29 is 20.1 Å². The van der Waals surface area contributed by atoms with Crippen molar-refractivity contribution in [2.75, 3.05) is 0 Å². The van der Waals surface area contributed by atoms with Crippen LogP contribution in [0.2, 0.25) is 5.02 Å². The first-order valence-electron chi connectivity index (χ1n) is 7.41. The normalized spacial score (nSPS) is 20.1. The van der Waals surface area contributed by atoms with Crippen LogP contribution in [0.3, 0.4) is 0 Å². The first-order chi connectivity index (χ1) is 10.9. The van der Waals surface area contributed by atoms with Gasteiger partial charge in [-0.05, 0) is 41.2 Å². The summed E-state index contributed by atoms with van der Waals surface area (Å²) in [6.07, 6.45) is 0.808. The number of hydrogen-bond acceptors (Lipinski definition) is 3. The van der Waals surface area contributed by atoms with Crippen molar-refractivity contribution in [3.8, 4) is 11.1 Å². The number of aryl methyl sites for hydroxylation is 1. The van der Waals surface area contributed by atoms with Crippen LogP contribution in [0.5, 0.6) is 0 Å². The molecule has 3 rings (SSSR count). The predicted octanol–water partition coefficient (Wildman–Crippen LogP) is 2.80. The fourth-order valence-corrected chi connectivity index (χ4v) is 3.35. The Balaban J connectivity index is 2.01. The summed E-state index contributed by atoms with van der Waals surface area (Å²) in [6.45, 7) is -0.148. The van der Waals surface area contributed by atoms with Crippen LogP contribution < -0.4 is 0 Å². The lowest BCUT2D eigenvalue weighted by molar-refractivity contribution is -0.159. The van der Waals surface area contributed by atoms with Crippen LogP contribution in [0.25, 0.3) is 11.1 Å². The first kappa shape index (κ1) is 16.0. The molecule has 0 amide bonds. The molecule has 0 radical (unpaired) electrons. The molecule has 23 heavy (non-hydrogen) atoms. The zero-order chi connectivity index (χ0) is 16.6. The molecule has 2 aromatic rings. The molecule has 0 saturated carbocycles. The molecular formula is C18H17ClO4. The molecule has 5 heteroatoms. The summed E-state index contributed by atoms with van der Waals surface area (Å²) in [5.74, 6) is -1.18. The molecule has 120 valence electrons. The molecule has 2 aromatic carbocycles. The molecule has 4 nitrogen and oxygen atoms in total. The number of halogens is 1. The molecule has 1 aliphatic carbocycles. The van der Waals surface area contributed by atoms with Crippen molar-refractivity contribution in [1.29, 1.82) is 0 Å². The Bertz CT molecular complexity index is 772. The highest BCUT2D eigenvalue weighted by atomic mass is 35.5. The highest BCUT2D eigenvalue weighted by molar-refractivity contribution is 6.31. The largest absolute Gasteiger partial charge is 0.479 e. The number of benzene rings is 2. The molecule has 1 aliphatic rings. The Morgan fingerprint density at radius 1 is 1.22 bits per heavy atom. The van der Waals surface area contributed by atoms with Gasteiger partial charge in [0.15, 0.2) is 5.60 Å². The second-order valence-corrected chi connectivity index (χ2v) is 6.33. The van der Waals surface area contributed by atoms with Gasteiger partial charge in [-0.1, -0.05) is 41.9 Å². The number of hydrogen-bond donors (Lipinski definition) is 3. The standard InChI is InChI=1S/C18H17ClO4/c19-16-3-1-2-14(15(16)10-20)12-4-5-13-9-18(23,17(21)22)7-6-11(13)8-12/h1-5,8,20,23H,6-7,9-10H2,(H,21,22). The van der Waals surface area contributed by atoms with Crippen LogP contribution in [0.1, 0.15) is 23.1 Å². The molecule has 0 fully saturated rings. The predicted molar refractivity (Wildman–Crippen MR) is 87.4 cm³/mol. The van der Waals surface area contributed by atoms with Gasteiger partial charge in [-0.2, -0.15) is 0 Å². The summed E-state index contributed by atoms with van der Waals surface area (Å²) in [6, 6.07) is 11.2. The summed E-state index contributed by atoms with van der Waals surface area (Å²) in [7, 11) is 0. The average Bonchev–Trinajstić information content (AvgIpc) is 2.54. The van der Waals surface area contributed by atoms with E-state index in [4.69, 9.17) is 16.7 Å². The monoisotopic (exact) mass is 332 g/mol. The number of aliphatic hydroxyl groups is 2. The maximum absolute atomic E-state index is 11.2. The number of carbonyl (C=O) groups is 1. The molecule has 0 aromatic heterocycles. The van der Waals surface area contributed by atoms with Crippen LogP contribution in [0.4, 0.5) is 0 Å². The maximum atomic E-state index is 11.2. The Hall–Kier alpha value is -1.88. The molecule has 0 saturated heterocycles. The van der Waals surface area contributed by atoms with Crippen molar-refractivity contribution in [2.45, 2.75) is 31.5 Å². The van der Waals surface area contributed by atoms with E-state index < -0.39 is 11.6 Å². The summed E-state index contributed by atoms with van der Waals surface area (Å²) in [4.78, 5) is 11.2. The second-order valence-electron chi connectivity index (χ2n) is 5.92. The van der Waals surface area contributed by atoms with E-state index in [-0.39, 0.29) is 19.4 Å². The van der Waals surface area contributed by atoms with E-state index in [1.165, 1.54) is 0 Å². The van der Waals surface area contributed by atoms with Crippen molar-refractivity contribution in [2.24, 2.45) is 0 Å². The van der Waals surface area contributed by atoms with Crippen molar-refractivity contribution >= 4 is 17.6 Å².